The zero-order valence-electron chi connectivity index (χ0n) is 15.5. The number of hydrogen-bond acceptors (Lipinski definition) is 4. The molecule has 28 heavy (non-hydrogen) atoms. The van der Waals surface area contributed by atoms with Crippen LogP contribution in [0.1, 0.15) is 41.6 Å². The Morgan fingerprint density at radius 3 is 2.61 bits per heavy atom. The fraction of sp³-hybridized carbons (Fsp3) is 0.400. The Morgan fingerprint density at radius 2 is 2.00 bits per heavy atom. The molecule has 5 nitrogen and oxygen atoms in total. The van der Waals surface area contributed by atoms with Crippen molar-refractivity contribution in [3.63, 3.8) is 0 Å². The van der Waals surface area contributed by atoms with Crippen molar-refractivity contribution >= 4 is 12.2 Å². The molecule has 0 spiro atoms. The van der Waals surface area contributed by atoms with Gasteiger partial charge in [0.15, 0.2) is 0 Å². The van der Waals surface area contributed by atoms with Gasteiger partial charge in [0.2, 0.25) is 0 Å². The maximum absolute atomic E-state index is 13.1. The highest BCUT2D eigenvalue weighted by molar-refractivity contribution is 5.98. The summed E-state index contributed by atoms with van der Waals surface area (Å²) in [4.78, 5) is 23.4. The molecule has 2 N–H and O–H groups in total. The Balaban J connectivity index is 2.28. The first-order chi connectivity index (χ1) is 13.3. The lowest BCUT2D eigenvalue weighted by atomic mass is 10.1. The summed E-state index contributed by atoms with van der Waals surface area (Å²) in [5.74, 6) is -0.371. The fourth-order valence-corrected chi connectivity index (χ4v) is 2.98. The quantitative estimate of drug-likeness (QED) is 0.398. The third-order valence-corrected chi connectivity index (χ3v) is 4.44. The molecule has 8 heteroatoms. The van der Waals surface area contributed by atoms with E-state index in [1.807, 2.05) is 0 Å². The van der Waals surface area contributed by atoms with E-state index in [1.54, 1.807) is 7.05 Å². The lowest BCUT2D eigenvalue weighted by Crippen LogP contribution is -2.24. The summed E-state index contributed by atoms with van der Waals surface area (Å²) < 4.78 is 45.0. The Labute approximate surface area is 161 Å². The Hall–Kier alpha value is -2.77. The van der Waals surface area contributed by atoms with Gasteiger partial charge < -0.3 is 15.4 Å². The summed E-state index contributed by atoms with van der Waals surface area (Å²) in [7, 11) is 1.62. The number of ether oxygens (including phenoxy) is 1. The number of amides is 1. The van der Waals surface area contributed by atoms with Gasteiger partial charge >= 0.3 is 6.18 Å². The van der Waals surface area contributed by atoms with E-state index in [9.17, 15) is 22.8 Å². The van der Waals surface area contributed by atoms with Gasteiger partial charge in [-0.15, -0.1) is 0 Å². The average molecular weight is 396 g/mol. The van der Waals surface area contributed by atoms with Gasteiger partial charge in [0.25, 0.3) is 5.91 Å². The van der Waals surface area contributed by atoms with Gasteiger partial charge in [-0.1, -0.05) is 12.8 Å². The first-order valence-electron chi connectivity index (χ1n) is 9.00. The minimum Gasteiger partial charge on any atom is -0.492 e. The molecule has 0 heterocycles. The van der Waals surface area contributed by atoms with Crippen LogP contribution in [0.2, 0.25) is 0 Å². The van der Waals surface area contributed by atoms with Crippen molar-refractivity contribution in [1.29, 1.82) is 0 Å². The number of carbonyl (C=O) groups excluding carboxylic acids is 2. The van der Waals surface area contributed by atoms with Crippen LogP contribution in [0, 0.1) is 5.92 Å². The van der Waals surface area contributed by atoms with E-state index in [0.717, 1.165) is 43.9 Å². The standard InChI is InChI=1S/C20H23F3N2O3/c1-24-10-8-16(9-11-26)25-19(27)17-12-15(20(21,22)23)6-7-18(17)28-13-14-4-2-3-5-14/h6-12,14,24H,2-5,13H2,1H3,(H,25,27)/b10-8-,16-9+. The lowest BCUT2D eigenvalue weighted by molar-refractivity contribution is -0.137. The third-order valence-electron chi connectivity index (χ3n) is 4.44. The van der Waals surface area contributed by atoms with Crippen molar-refractivity contribution in [1.82, 2.24) is 10.6 Å². The summed E-state index contributed by atoms with van der Waals surface area (Å²) in [5.41, 5.74) is -1.05. The van der Waals surface area contributed by atoms with Crippen LogP contribution >= 0.6 is 0 Å². The number of alkyl halides is 3. The second-order valence-corrected chi connectivity index (χ2v) is 6.50. The Kier molecular flexibility index (Phi) is 7.66. The van der Waals surface area contributed by atoms with Crippen LogP contribution in [0.5, 0.6) is 5.75 Å². The highest BCUT2D eigenvalue weighted by atomic mass is 19.4. The second kappa shape index (κ2) is 9.96. The molecule has 2 rings (SSSR count). The molecule has 0 aromatic heterocycles. The number of carbonyl (C=O) groups is 2. The Bertz CT molecular complexity index is 752. The fourth-order valence-electron chi connectivity index (χ4n) is 2.98. The van der Waals surface area contributed by atoms with Crippen LogP contribution < -0.4 is 15.4 Å². The summed E-state index contributed by atoms with van der Waals surface area (Å²) in [6, 6.07) is 2.82. The van der Waals surface area contributed by atoms with E-state index in [0.29, 0.717) is 18.8 Å². The van der Waals surface area contributed by atoms with Gasteiger partial charge in [-0.25, -0.2) is 0 Å². The van der Waals surface area contributed by atoms with E-state index in [1.165, 1.54) is 18.3 Å². The largest absolute Gasteiger partial charge is 0.492 e. The molecule has 0 bridgehead atoms. The highest BCUT2D eigenvalue weighted by Gasteiger charge is 2.32. The van der Waals surface area contributed by atoms with Crippen LogP contribution in [-0.2, 0) is 11.0 Å². The smallest absolute Gasteiger partial charge is 0.416 e. The molecule has 1 aliphatic rings. The van der Waals surface area contributed by atoms with Crippen molar-refractivity contribution in [2.24, 2.45) is 5.92 Å². The van der Waals surface area contributed by atoms with Crippen LogP contribution in [0.25, 0.3) is 0 Å². The van der Waals surface area contributed by atoms with Crippen molar-refractivity contribution in [3.05, 3.63) is 53.4 Å². The highest BCUT2D eigenvalue weighted by Crippen LogP contribution is 2.33. The van der Waals surface area contributed by atoms with Gasteiger partial charge in [0, 0.05) is 18.8 Å². The summed E-state index contributed by atoms with van der Waals surface area (Å²) in [6.45, 7) is 0.350. The molecule has 0 radical (unpaired) electrons. The normalized spacial score (nSPS) is 15.6. The monoisotopic (exact) mass is 396 g/mol. The molecular formula is C20H23F3N2O3. The van der Waals surface area contributed by atoms with Crippen LogP contribution in [0.15, 0.2) is 42.2 Å². The first-order valence-corrected chi connectivity index (χ1v) is 9.00. The molecule has 0 saturated heterocycles. The molecule has 152 valence electrons. The Morgan fingerprint density at radius 1 is 1.29 bits per heavy atom. The summed E-state index contributed by atoms with van der Waals surface area (Å²) in [5, 5.41) is 5.13. The number of nitrogens with one attached hydrogen (secondary N) is 2. The molecule has 1 aromatic carbocycles. The van der Waals surface area contributed by atoms with Crippen molar-refractivity contribution < 1.29 is 27.5 Å². The van der Waals surface area contributed by atoms with Gasteiger partial charge in [0.1, 0.15) is 12.0 Å². The van der Waals surface area contributed by atoms with Gasteiger partial charge in [0.05, 0.1) is 17.7 Å². The van der Waals surface area contributed by atoms with Gasteiger partial charge in [-0.2, -0.15) is 13.2 Å². The molecule has 1 amide bonds. The predicted molar refractivity (Wildman–Crippen MR) is 98.7 cm³/mol. The third kappa shape index (κ3) is 6.14. The van der Waals surface area contributed by atoms with Crippen molar-refractivity contribution in [2.75, 3.05) is 13.7 Å². The first kappa shape index (κ1) is 21.5. The molecule has 0 atom stereocenters. The topological polar surface area (TPSA) is 67.4 Å². The number of aldehydes is 1. The summed E-state index contributed by atoms with van der Waals surface area (Å²) in [6.07, 6.45) is 4.08. The number of rotatable bonds is 8. The zero-order chi connectivity index (χ0) is 20.6. The van der Waals surface area contributed by atoms with Gasteiger partial charge in [-0.05, 0) is 49.2 Å². The summed E-state index contributed by atoms with van der Waals surface area (Å²) >= 11 is 0. The minimum atomic E-state index is -4.59. The van der Waals surface area contributed by atoms with E-state index in [2.05, 4.69) is 10.6 Å². The molecule has 0 unspecified atom stereocenters. The lowest BCUT2D eigenvalue weighted by Gasteiger charge is -2.17. The van der Waals surface area contributed by atoms with E-state index >= 15 is 0 Å². The molecule has 1 fully saturated rings. The average Bonchev–Trinajstić information content (AvgIpc) is 3.17. The molecule has 1 aromatic rings. The SMILES string of the molecule is CN/C=C\C(=C/C=O)NC(=O)c1cc(C(F)(F)F)ccc1OCC1CCCC1. The van der Waals surface area contributed by atoms with Crippen molar-refractivity contribution in [2.45, 2.75) is 31.9 Å². The molecule has 0 aliphatic heterocycles. The molecule has 1 saturated carbocycles. The van der Waals surface area contributed by atoms with Crippen molar-refractivity contribution in [3.8, 4) is 5.75 Å². The van der Waals surface area contributed by atoms with Gasteiger partial charge in [-0.3, -0.25) is 9.59 Å². The number of hydrogen-bond donors (Lipinski definition) is 2. The minimum absolute atomic E-state index is 0.0837. The number of halogens is 3. The predicted octanol–water partition coefficient (Wildman–Crippen LogP) is 3.82. The van der Waals surface area contributed by atoms with Crippen LogP contribution in [0.4, 0.5) is 13.2 Å². The molecule has 1 aliphatic carbocycles. The maximum atomic E-state index is 13.1. The number of benzene rings is 1. The van der Waals surface area contributed by atoms with Crippen LogP contribution in [-0.4, -0.2) is 25.8 Å². The number of allylic oxidation sites excluding steroid dienone is 2. The van der Waals surface area contributed by atoms with Crippen LogP contribution in [0.3, 0.4) is 0 Å². The zero-order valence-corrected chi connectivity index (χ0v) is 15.5. The maximum Gasteiger partial charge on any atom is 0.416 e. The van der Waals surface area contributed by atoms with E-state index in [-0.39, 0.29) is 17.0 Å². The second-order valence-electron chi connectivity index (χ2n) is 6.50. The van der Waals surface area contributed by atoms with E-state index < -0.39 is 17.6 Å². The molecular weight excluding hydrogens is 373 g/mol. The van der Waals surface area contributed by atoms with E-state index in [4.69, 9.17) is 4.74 Å².